The molecule has 1 saturated heterocycles. The molecule has 1 aromatic heterocycles. The third-order valence-corrected chi connectivity index (χ3v) is 13.0. The highest BCUT2D eigenvalue weighted by Gasteiger charge is 2.62. The first-order valence-electron chi connectivity index (χ1n) is 19.3. The van der Waals surface area contributed by atoms with Crippen molar-refractivity contribution < 1.29 is 37.1 Å². The van der Waals surface area contributed by atoms with Crippen LogP contribution in [0.1, 0.15) is 79.6 Å². The molecule has 0 bridgehead atoms. The highest BCUT2D eigenvalue weighted by Crippen LogP contribution is 2.46. The normalized spacial score (nSPS) is 29.6. The number of carbonyl (C=O) groups is 4. The molecule has 13 nitrogen and oxygen atoms in total. The minimum atomic E-state index is -3.90. The van der Waals surface area contributed by atoms with Crippen molar-refractivity contribution in [1.82, 2.24) is 25.2 Å². The molecule has 4 amide bonds. The molecular formula is C41H51N5O8S. The number of ether oxygens (including phenoxy) is 2. The third kappa shape index (κ3) is 8.29. The van der Waals surface area contributed by atoms with Crippen LogP contribution >= 0.6 is 0 Å². The van der Waals surface area contributed by atoms with Gasteiger partial charge in [-0.1, -0.05) is 62.4 Å². The minimum Gasteiger partial charge on any atom is -0.472 e. The number of nitrogens with zero attached hydrogens (tertiary/aromatic N) is 2. The Morgan fingerprint density at radius 3 is 2.36 bits per heavy atom. The van der Waals surface area contributed by atoms with Gasteiger partial charge >= 0.3 is 6.09 Å². The lowest BCUT2D eigenvalue weighted by molar-refractivity contribution is -0.142. The van der Waals surface area contributed by atoms with Gasteiger partial charge in [0, 0.05) is 23.1 Å². The molecule has 2 aliphatic heterocycles. The predicted molar refractivity (Wildman–Crippen MR) is 207 cm³/mol. The van der Waals surface area contributed by atoms with Gasteiger partial charge in [0.05, 0.1) is 17.3 Å². The number of hydrogen-bond donors (Lipinski definition) is 3. The summed E-state index contributed by atoms with van der Waals surface area (Å²) in [4.78, 5) is 62.7. The minimum absolute atomic E-state index is 0.00683. The van der Waals surface area contributed by atoms with Crippen LogP contribution in [0.4, 0.5) is 4.79 Å². The quantitative estimate of drug-likeness (QED) is 0.227. The smallest absolute Gasteiger partial charge is 0.408 e. The zero-order valence-electron chi connectivity index (χ0n) is 32.0. The molecule has 3 fully saturated rings. The van der Waals surface area contributed by atoms with Crippen molar-refractivity contribution in [1.29, 1.82) is 0 Å². The van der Waals surface area contributed by atoms with Crippen LogP contribution in [0.15, 0.2) is 60.7 Å². The van der Waals surface area contributed by atoms with E-state index >= 15 is 0 Å². The van der Waals surface area contributed by atoms with Gasteiger partial charge in [-0.05, 0) is 88.7 Å². The zero-order valence-corrected chi connectivity index (χ0v) is 32.9. The van der Waals surface area contributed by atoms with Crippen LogP contribution in [0.2, 0.25) is 0 Å². The Morgan fingerprint density at radius 1 is 0.964 bits per heavy atom. The molecule has 294 valence electrons. The molecule has 0 radical (unpaired) electrons. The van der Waals surface area contributed by atoms with Crippen LogP contribution in [0, 0.1) is 17.8 Å². The summed E-state index contributed by atoms with van der Waals surface area (Å²) in [6, 6.07) is 13.3. The average molecular weight is 774 g/mol. The van der Waals surface area contributed by atoms with Gasteiger partial charge in [-0.15, -0.1) is 0 Å². The lowest BCUT2D eigenvalue weighted by atomic mass is 9.88. The van der Waals surface area contributed by atoms with Crippen LogP contribution in [-0.2, 0) is 29.1 Å². The molecule has 55 heavy (non-hydrogen) atoms. The molecule has 2 aromatic carbocycles. The molecule has 2 saturated carbocycles. The SMILES string of the molecule is C[C@@H]1CC/C=C\[C@@H]2C[C@@]2(C(=O)NS(=O)(=O)C2CC2)NC(=O)[C@@H]2C[C@@H](Oc3nc4ccccc4c4ccccc34)CN2C(=O)[C@@H](NC(=O)OC(C)(C)C)[C@H](C)C1. The molecule has 0 unspecified atom stereocenters. The topological polar surface area (TPSA) is 173 Å². The number of para-hydroxylation sites is 1. The van der Waals surface area contributed by atoms with E-state index in [0.717, 1.165) is 28.1 Å². The molecule has 3 heterocycles. The van der Waals surface area contributed by atoms with E-state index < -0.39 is 74.3 Å². The third-order valence-electron chi connectivity index (χ3n) is 11.1. The van der Waals surface area contributed by atoms with Crippen LogP contribution < -0.4 is 20.1 Å². The summed E-state index contributed by atoms with van der Waals surface area (Å²) in [5.74, 6) is -2.13. The maximum Gasteiger partial charge on any atom is 0.408 e. The monoisotopic (exact) mass is 773 g/mol. The van der Waals surface area contributed by atoms with Gasteiger partial charge < -0.3 is 25.0 Å². The van der Waals surface area contributed by atoms with Crippen molar-refractivity contribution in [3.05, 3.63) is 60.7 Å². The van der Waals surface area contributed by atoms with Crippen LogP contribution in [0.3, 0.4) is 0 Å². The maximum atomic E-state index is 14.8. The number of sulfonamides is 1. The first kappa shape index (κ1) is 38.6. The zero-order chi connectivity index (χ0) is 39.3. The van der Waals surface area contributed by atoms with Gasteiger partial charge in [0.2, 0.25) is 27.7 Å². The van der Waals surface area contributed by atoms with Gasteiger partial charge in [-0.3, -0.25) is 19.1 Å². The van der Waals surface area contributed by atoms with Gasteiger partial charge in [-0.2, -0.15) is 0 Å². The molecule has 3 N–H and O–H groups in total. The largest absolute Gasteiger partial charge is 0.472 e. The number of rotatable bonds is 6. The van der Waals surface area contributed by atoms with Crippen LogP contribution in [0.25, 0.3) is 21.7 Å². The molecule has 2 aliphatic carbocycles. The number of carbonyl (C=O) groups excluding carboxylic acids is 4. The van der Waals surface area contributed by atoms with E-state index in [4.69, 9.17) is 14.5 Å². The van der Waals surface area contributed by atoms with Gasteiger partial charge in [0.15, 0.2) is 0 Å². The Bertz CT molecular complexity index is 2150. The van der Waals surface area contributed by atoms with Crippen molar-refractivity contribution in [2.24, 2.45) is 17.8 Å². The summed E-state index contributed by atoms with van der Waals surface area (Å²) in [5.41, 5.74) is -1.60. The Kier molecular flexibility index (Phi) is 10.3. The second-order valence-corrected chi connectivity index (χ2v) is 18.8. The molecule has 0 spiro atoms. The first-order chi connectivity index (χ1) is 26.0. The lowest BCUT2D eigenvalue weighted by Gasteiger charge is -2.33. The summed E-state index contributed by atoms with van der Waals surface area (Å²) in [5, 5.41) is 7.78. The predicted octanol–water partition coefficient (Wildman–Crippen LogP) is 5.13. The Labute approximate surface area is 322 Å². The van der Waals surface area contributed by atoms with Crippen molar-refractivity contribution in [2.45, 2.75) is 114 Å². The fourth-order valence-electron chi connectivity index (χ4n) is 8.05. The van der Waals surface area contributed by atoms with E-state index in [0.29, 0.717) is 31.6 Å². The second-order valence-electron chi connectivity index (χ2n) is 16.9. The van der Waals surface area contributed by atoms with E-state index in [9.17, 15) is 27.6 Å². The first-order valence-corrected chi connectivity index (χ1v) is 20.9. The van der Waals surface area contributed by atoms with E-state index in [-0.39, 0.29) is 31.2 Å². The number of amides is 4. The molecule has 3 aromatic rings. The number of aromatic nitrogens is 1. The highest BCUT2D eigenvalue weighted by atomic mass is 32.2. The van der Waals surface area contributed by atoms with Gasteiger partial charge in [0.1, 0.15) is 29.3 Å². The summed E-state index contributed by atoms with van der Waals surface area (Å²) in [6.07, 6.45) is 5.69. The Balaban J connectivity index is 1.24. The number of alkyl carbamates (subject to hydrolysis) is 1. The van der Waals surface area contributed by atoms with Crippen LogP contribution in [0.5, 0.6) is 5.88 Å². The molecule has 7 rings (SSSR count). The summed E-state index contributed by atoms with van der Waals surface area (Å²) in [7, 11) is -3.90. The number of allylic oxidation sites excluding steroid dienone is 1. The van der Waals surface area contributed by atoms with Crippen LogP contribution in [-0.4, -0.2) is 83.2 Å². The summed E-state index contributed by atoms with van der Waals surface area (Å²) >= 11 is 0. The summed E-state index contributed by atoms with van der Waals surface area (Å²) in [6.45, 7) is 9.21. The van der Waals surface area contributed by atoms with Crippen molar-refractivity contribution >= 4 is 55.5 Å². The number of fused-ring (bicyclic) bond motifs is 5. The maximum absolute atomic E-state index is 14.8. The fraction of sp³-hybridized carbons (Fsp3) is 0.537. The van der Waals surface area contributed by atoms with Crippen molar-refractivity contribution in [3.8, 4) is 5.88 Å². The second kappa shape index (κ2) is 14.7. The number of hydrogen-bond acceptors (Lipinski definition) is 9. The highest BCUT2D eigenvalue weighted by molar-refractivity contribution is 7.91. The Morgan fingerprint density at radius 2 is 1.65 bits per heavy atom. The van der Waals surface area contributed by atoms with E-state index in [1.165, 1.54) is 4.90 Å². The van der Waals surface area contributed by atoms with E-state index in [2.05, 4.69) is 22.3 Å². The fourth-order valence-corrected chi connectivity index (χ4v) is 9.42. The average Bonchev–Trinajstić information content (AvgIpc) is 4.05. The molecular weight excluding hydrogens is 723 g/mol. The number of nitrogens with one attached hydrogen (secondary N) is 3. The molecule has 14 heteroatoms. The van der Waals surface area contributed by atoms with Crippen molar-refractivity contribution in [3.63, 3.8) is 0 Å². The number of benzene rings is 2. The van der Waals surface area contributed by atoms with Crippen molar-refractivity contribution in [2.75, 3.05) is 6.54 Å². The van der Waals surface area contributed by atoms with E-state index in [1.54, 1.807) is 20.8 Å². The molecule has 7 atom stereocenters. The standard InChI is InChI=1S/C41H51N5O8S/c1-24-12-6-7-13-26-22-41(26,38(49)45-55(51,52)28-18-19-28)44-35(47)33-21-27(23-46(33)37(48)34(25(2)20-24)43-39(50)54-40(3,4)5)53-36-31-16-9-8-14-29(31)30-15-10-11-17-32(30)42-36/h7-11,13-17,24-28,33-34H,6,12,18-23H2,1-5H3,(H,43,50)(H,44,47)(H,45,49)/b13-7-/t24-,25-,26-,27-,33+,34+,41-/m1/s1. The van der Waals surface area contributed by atoms with Gasteiger partial charge in [-0.25, -0.2) is 18.2 Å². The Hall–Kier alpha value is -4.72. The van der Waals surface area contributed by atoms with E-state index in [1.807, 2.05) is 67.6 Å². The van der Waals surface area contributed by atoms with Gasteiger partial charge in [0.25, 0.3) is 5.91 Å². The lowest BCUT2D eigenvalue weighted by Crippen LogP contribution is -2.59. The summed E-state index contributed by atoms with van der Waals surface area (Å²) < 4.78 is 40.2. The molecule has 4 aliphatic rings. The number of pyridine rings is 1.